The molecule has 1 amide bonds. The average Bonchev–Trinajstić information content (AvgIpc) is 3.16. The van der Waals surface area contributed by atoms with Crippen molar-refractivity contribution >= 4 is 5.91 Å². The summed E-state index contributed by atoms with van der Waals surface area (Å²) in [5.74, 6) is 1.06. The molecule has 1 fully saturated rings. The van der Waals surface area contributed by atoms with Crippen molar-refractivity contribution < 1.29 is 19.1 Å². The van der Waals surface area contributed by atoms with Gasteiger partial charge in [0.25, 0.3) is 5.91 Å². The van der Waals surface area contributed by atoms with Crippen LogP contribution in [0, 0.1) is 6.92 Å². The van der Waals surface area contributed by atoms with Gasteiger partial charge in [0.1, 0.15) is 18.5 Å². The van der Waals surface area contributed by atoms with Gasteiger partial charge in [-0.1, -0.05) is 17.7 Å². The van der Waals surface area contributed by atoms with Crippen LogP contribution in [0.5, 0.6) is 5.75 Å². The highest BCUT2D eigenvalue weighted by molar-refractivity contribution is 5.91. The van der Waals surface area contributed by atoms with Gasteiger partial charge in [0.05, 0.1) is 6.26 Å². The number of nitrogens with zero attached hydrogens (tertiary/aromatic N) is 2. The third-order valence-corrected chi connectivity index (χ3v) is 4.32. The first-order valence-electron chi connectivity index (χ1n) is 8.54. The molecule has 134 valence electrons. The molecule has 6 nitrogen and oxygen atoms in total. The first kappa shape index (κ1) is 17.5. The number of rotatable bonds is 6. The normalized spacial score (nSPS) is 16.6. The van der Waals surface area contributed by atoms with Gasteiger partial charge < -0.3 is 19.2 Å². The number of carbonyl (C=O) groups excluding carboxylic acids is 1. The number of ether oxygens (including phenoxy) is 1. The van der Waals surface area contributed by atoms with Crippen LogP contribution in [0.4, 0.5) is 0 Å². The summed E-state index contributed by atoms with van der Waals surface area (Å²) in [4.78, 5) is 16.1. The molecule has 2 aromatic rings. The van der Waals surface area contributed by atoms with E-state index in [1.54, 1.807) is 17.0 Å². The Morgan fingerprint density at radius 3 is 2.56 bits per heavy atom. The maximum absolute atomic E-state index is 12.2. The molecule has 0 aliphatic carbocycles. The number of furan rings is 1. The SMILES string of the molecule is Cc1ccc(OCC(O)CN2CCN(C(=O)c3ccco3)CC2)cc1. The zero-order valence-corrected chi connectivity index (χ0v) is 14.4. The summed E-state index contributed by atoms with van der Waals surface area (Å²) < 4.78 is 10.8. The molecular weight excluding hydrogens is 320 g/mol. The molecule has 3 rings (SSSR count). The van der Waals surface area contributed by atoms with E-state index in [0.717, 1.165) is 18.8 Å². The van der Waals surface area contributed by atoms with Gasteiger partial charge in [0, 0.05) is 32.7 Å². The summed E-state index contributed by atoms with van der Waals surface area (Å²) in [5.41, 5.74) is 1.18. The lowest BCUT2D eigenvalue weighted by molar-refractivity contribution is 0.0389. The minimum Gasteiger partial charge on any atom is -0.491 e. The van der Waals surface area contributed by atoms with Crippen molar-refractivity contribution in [1.29, 1.82) is 0 Å². The Bertz CT molecular complexity index is 661. The first-order chi connectivity index (χ1) is 12.1. The summed E-state index contributed by atoms with van der Waals surface area (Å²) in [6.45, 7) is 5.54. The highest BCUT2D eigenvalue weighted by atomic mass is 16.5. The smallest absolute Gasteiger partial charge is 0.289 e. The van der Waals surface area contributed by atoms with E-state index in [2.05, 4.69) is 4.90 Å². The van der Waals surface area contributed by atoms with E-state index >= 15 is 0 Å². The lowest BCUT2D eigenvalue weighted by atomic mass is 10.2. The third kappa shape index (κ3) is 4.84. The van der Waals surface area contributed by atoms with Crippen LogP contribution in [0.15, 0.2) is 47.1 Å². The van der Waals surface area contributed by atoms with Crippen LogP contribution in [-0.2, 0) is 0 Å². The van der Waals surface area contributed by atoms with E-state index in [0.29, 0.717) is 25.4 Å². The number of hydrogen-bond donors (Lipinski definition) is 1. The zero-order chi connectivity index (χ0) is 17.6. The van der Waals surface area contributed by atoms with E-state index in [4.69, 9.17) is 9.15 Å². The predicted octanol–water partition coefficient (Wildman–Crippen LogP) is 1.79. The van der Waals surface area contributed by atoms with Crippen molar-refractivity contribution in [1.82, 2.24) is 9.80 Å². The van der Waals surface area contributed by atoms with Crippen LogP contribution in [0.2, 0.25) is 0 Å². The minimum absolute atomic E-state index is 0.0760. The Morgan fingerprint density at radius 2 is 1.92 bits per heavy atom. The van der Waals surface area contributed by atoms with Crippen molar-refractivity contribution in [2.45, 2.75) is 13.0 Å². The molecule has 1 N–H and O–H groups in total. The molecule has 0 spiro atoms. The van der Waals surface area contributed by atoms with Gasteiger partial charge >= 0.3 is 0 Å². The second kappa shape index (κ2) is 8.18. The number of aliphatic hydroxyl groups is 1. The van der Waals surface area contributed by atoms with Crippen molar-refractivity contribution in [3.8, 4) is 5.75 Å². The van der Waals surface area contributed by atoms with E-state index in [-0.39, 0.29) is 12.5 Å². The molecule has 0 saturated carbocycles. The predicted molar refractivity (Wildman–Crippen MR) is 93.7 cm³/mol. The second-order valence-corrected chi connectivity index (χ2v) is 6.35. The van der Waals surface area contributed by atoms with Gasteiger partial charge in [-0.2, -0.15) is 0 Å². The summed E-state index contributed by atoms with van der Waals surface area (Å²) in [7, 11) is 0. The fourth-order valence-electron chi connectivity index (χ4n) is 2.87. The van der Waals surface area contributed by atoms with Crippen molar-refractivity contribution in [3.05, 3.63) is 54.0 Å². The van der Waals surface area contributed by atoms with E-state index in [1.165, 1.54) is 11.8 Å². The molecule has 0 bridgehead atoms. The number of β-amino-alcohol motifs (C(OH)–C–C–N with tert-alkyl or cyclic N) is 1. The lowest BCUT2D eigenvalue weighted by Crippen LogP contribution is -2.50. The molecule has 0 radical (unpaired) electrons. The van der Waals surface area contributed by atoms with Crippen LogP contribution in [0.25, 0.3) is 0 Å². The number of amides is 1. The van der Waals surface area contributed by atoms with Gasteiger partial charge in [-0.05, 0) is 31.2 Å². The maximum atomic E-state index is 12.2. The molecule has 1 aromatic carbocycles. The monoisotopic (exact) mass is 344 g/mol. The molecule has 1 saturated heterocycles. The summed E-state index contributed by atoms with van der Waals surface area (Å²) >= 11 is 0. The molecule has 2 heterocycles. The van der Waals surface area contributed by atoms with Crippen LogP contribution in [-0.4, -0.2) is 66.2 Å². The minimum atomic E-state index is -0.561. The fourth-order valence-corrected chi connectivity index (χ4v) is 2.87. The summed E-state index contributed by atoms with van der Waals surface area (Å²) in [6.07, 6.45) is 0.946. The maximum Gasteiger partial charge on any atom is 0.289 e. The Balaban J connectivity index is 1.39. The quantitative estimate of drug-likeness (QED) is 0.865. The Hall–Kier alpha value is -2.31. The standard InChI is InChI=1S/C19H24N2O4/c1-15-4-6-17(7-5-15)25-14-16(22)13-20-8-10-21(11-9-20)19(23)18-3-2-12-24-18/h2-7,12,16,22H,8-11,13-14H2,1H3. The molecule has 25 heavy (non-hydrogen) atoms. The largest absolute Gasteiger partial charge is 0.491 e. The number of aliphatic hydroxyl groups excluding tert-OH is 1. The topological polar surface area (TPSA) is 66.2 Å². The number of aryl methyl sites for hydroxylation is 1. The van der Waals surface area contributed by atoms with E-state index in [9.17, 15) is 9.90 Å². The van der Waals surface area contributed by atoms with Gasteiger partial charge in [-0.3, -0.25) is 9.69 Å². The van der Waals surface area contributed by atoms with Gasteiger partial charge in [0.15, 0.2) is 5.76 Å². The second-order valence-electron chi connectivity index (χ2n) is 6.35. The number of carbonyl (C=O) groups is 1. The van der Waals surface area contributed by atoms with Crippen LogP contribution in [0.3, 0.4) is 0 Å². The average molecular weight is 344 g/mol. The van der Waals surface area contributed by atoms with Crippen LogP contribution >= 0.6 is 0 Å². The molecule has 1 unspecified atom stereocenters. The zero-order valence-electron chi connectivity index (χ0n) is 14.4. The molecule has 1 aliphatic heterocycles. The van der Waals surface area contributed by atoms with Crippen LogP contribution in [0.1, 0.15) is 16.1 Å². The molecular formula is C19H24N2O4. The molecule has 1 aromatic heterocycles. The van der Waals surface area contributed by atoms with Gasteiger partial charge in [0.2, 0.25) is 0 Å². The van der Waals surface area contributed by atoms with E-state index < -0.39 is 6.10 Å². The van der Waals surface area contributed by atoms with Crippen molar-refractivity contribution in [3.63, 3.8) is 0 Å². The first-order valence-corrected chi connectivity index (χ1v) is 8.54. The number of benzene rings is 1. The molecule has 6 heteroatoms. The lowest BCUT2D eigenvalue weighted by Gasteiger charge is -2.35. The molecule has 1 atom stereocenters. The third-order valence-electron chi connectivity index (χ3n) is 4.32. The van der Waals surface area contributed by atoms with Gasteiger partial charge in [-0.15, -0.1) is 0 Å². The Labute approximate surface area is 147 Å². The summed E-state index contributed by atoms with van der Waals surface area (Å²) in [5, 5.41) is 10.2. The Kier molecular flexibility index (Phi) is 5.73. The van der Waals surface area contributed by atoms with E-state index in [1.807, 2.05) is 31.2 Å². The Morgan fingerprint density at radius 1 is 1.20 bits per heavy atom. The number of piperazine rings is 1. The number of hydrogen-bond acceptors (Lipinski definition) is 5. The van der Waals surface area contributed by atoms with Crippen molar-refractivity contribution in [2.24, 2.45) is 0 Å². The van der Waals surface area contributed by atoms with Crippen molar-refractivity contribution in [2.75, 3.05) is 39.3 Å². The highest BCUT2D eigenvalue weighted by Crippen LogP contribution is 2.13. The molecule has 1 aliphatic rings. The highest BCUT2D eigenvalue weighted by Gasteiger charge is 2.24. The fraction of sp³-hybridized carbons (Fsp3) is 0.421. The van der Waals surface area contributed by atoms with Crippen LogP contribution < -0.4 is 4.74 Å². The summed E-state index contributed by atoms with van der Waals surface area (Å²) in [6, 6.07) is 11.2. The van der Waals surface area contributed by atoms with Gasteiger partial charge in [-0.25, -0.2) is 0 Å².